The van der Waals surface area contributed by atoms with Crippen LogP contribution in [0.1, 0.15) is 5.69 Å². The number of hydrogen-bond acceptors (Lipinski definition) is 5. The van der Waals surface area contributed by atoms with Gasteiger partial charge in [-0.1, -0.05) is 11.6 Å². The number of anilines is 1. The largest absolute Gasteiger partial charge is 0.361 e. The summed E-state index contributed by atoms with van der Waals surface area (Å²) < 4.78 is 0. The molecule has 0 saturated carbocycles. The highest BCUT2D eigenvalue weighted by molar-refractivity contribution is 7.14. The standard InChI is InChI=1S/C8H8ClN3S2/c9-7-4-14-8(12-7)10-2-1-6-3-13-5-11-6/h3-5H,1-2H2,(H,10,12). The van der Waals surface area contributed by atoms with Gasteiger partial charge in [-0.25, -0.2) is 9.97 Å². The second-order valence-corrected chi connectivity index (χ2v) is 4.60. The summed E-state index contributed by atoms with van der Waals surface area (Å²) in [7, 11) is 0. The molecular formula is C8H8ClN3S2. The van der Waals surface area contributed by atoms with Gasteiger partial charge in [-0.3, -0.25) is 0 Å². The van der Waals surface area contributed by atoms with E-state index in [1.807, 2.05) is 10.9 Å². The minimum absolute atomic E-state index is 0.547. The van der Waals surface area contributed by atoms with Crippen LogP contribution in [-0.2, 0) is 6.42 Å². The van der Waals surface area contributed by atoms with E-state index in [4.69, 9.17) is 11.6 Å². The van der Waals surface area contributed by atoms with Gasteiger partial charge in [0, 0.05) is 23.7 Å². The van der Waals surface area contributed by atoms with Gasteiger partial charge in [-0.15, -0.1) is 22.7 Å². The van der Waals surface area contributed by atoms with Crippen molar-refractivity contribution in [1.29, 1.82) is 0 Å². The zero-order valence-electron chi connectivity index (χ0n) is 7.24. The molecule has 0 unspecified atom stereocenters. The van der Waals surface area contributed by atoms with Crippen LogP contribution >= 0.6 is 34.3 Å². The van der Waals surface area contributed by atoms with Crippen LogP contribution in [0.15, 0.2) is 16.3 Å². The lowest BCUT2D eigenvalue weighted by Gasteiger charge is -1.99. The van der Waals surface area contributed by atoms with E-state index in [2.05, 4.69) is 20.7 Å². The highest BCUT2D eigenvalue weighted by Gasteiger charge is 1.99. The van der Waals surface area contributed by atoms with Gasteiger partial charge in [-0.05, 0) is 0 Å². The van der Waals surface area contributed by atoms with Crippen molar-refractivity contribution < 1.29 is 0 Å². The van der Waals surface area contributed by atoms with Crippen molar-refractivity contribution in [3.8, 4) is 0 Å². The molecule has 6 heteroatoms. The minimum atomic E-state index is 0.547. The van der Waals surface area contributed by atoms with Crippen molar-refractivity contribution in [2.24, 2.45) is 0 Å². The zero-order chi connectivity index (χ0) is 9.80. The number of nitrogens with zero attached hydrogens (tertiary/aromatic N) is 2. The molecule has 0 atom stereocenters. The quantitative estimate of drug-likeness (QED) is 0.900. The lowest BCUT2D eigenvalue weighted by Crippen LogP contribution is -2.04. The van der Waals surface area contributed by atoms with Crippen LogP contribution < -0.4 is 5.32 Å². The summed E-state index contributed by atoms with van der Waals surface area (Å²) >= 11 is 8.82. The van der Waals surface area contributed by atoms with Crippen molar-refractivity contribution in [2.45, 2.75) is 6.42 Å². The SMILES string of the molecule is Clc1csc(NCCc2cscn2)n1. The number of rotatable bonds is 4. The van der Waals surface area contributed by atoms with Crippen molar-refractivity contribution in [3.63, 3.8) is 0 Å². The first-order valence-electron chi connectivity index (χ1n) is 4.06. The summed E-state index contributed by atoms with van der Waals surface area (Å²) in [6.45, 7) is 0.841. The summed E-state index contributed by atoms with van der Waals surface area (Å²) in [6, 6.07) is 0. The lowest BCUT2D eigenvalue weighted by atomic mass is 10.3. The Balaban J connectivity index is 1.78. The Morgan fingerprint density at radius 3 is 3.00 bits per heavy atom. The van der Waals surface area contributed by atoms with Gasteiger partial charge in [0.25, 0.3) is 0 Å². The van der Waals surface area contributed by atoms with Gasteiger partial charge in [0.1, 0.15) is 5.15 Å². The molecule has 0 bridgehead atoms. The number of aromatic nitrogens is 2. The Kier molecular flexibility index (Phi) is 3.34. The van der Waals surface area contributed by atoms with E-state index in [0.29, 0.717) is 5.15 Å². The maximum absolute atomic E-state index is 5.69. The second-order valence-electron chi connectivity index (χ2n) is 2.63. The number of nitrogens with one attached hydrogen (secondary N) is 1. The van der Waals surface area contributed by atoms with Crippen molar-refractivity contribution in [1.82, 2.24) is 9.97 Å². The smallest absolute Gasteiger partial charge is 0.184 e. The molecule has 2 aromatic heterocycles. The monoisotopic (exact) mass is 245 g/mol. The molecule has 2 aromatic rings. The van der Waals surface area contributed by atoms with Gasteiger partial charge in [0.2, 0.25) is 0 Å². The topological polar surface area (TPSA) is 37.8 Å². The Labute approximate surface area is 94.8 Å². The highest BCUT2D eigenvalue weighted by Crippen LogP contribution is 2.18. The van der Waals surface area contributed by atoms with Gasteiger partial charge >= 0.3 is 0 Å². The third kappa shape index (κ3) is 2.67. The number of hydrogen-bond donors (Lipinski definition) is 1. The molecule has 0 fully saturated rings. The number of thiazole rings is 2. The molecule has 0 aliphatic carbocycles. The summed E-state index contributed by atoms with van der Waals surface area (Å²) in [6.07, 6.45) is 0.917. The summed E-state index contributed by atoms with van der Waals surface area (Å²) in [4.78, 5) is 8.27. The van der Waals surface area contributed by atoms with Gasteiger partial charge < -0.3 is 5.32 Å². The van der Waals surface area contributed by atoms with Crippen LogP contribution in [0.25, 0.3) is 0 Å². The Hall–Kier alpha value is -0.650. The first-order valence-corrected chi connectivity index (χ1v) is 6.26. The summed E-state index contributed by atoms with van der Waals surface area (Å²) in [5.41, 5.74) is 2.96. The van der Waals surface area contributed by atoms with Crippen molar-refractivity contribution >= 4 is 39.4 Å². The lowest BCUT2D eigenvalue weighted by molar-refractivity contribution is 0.974. The van der Waals surface area contributed by atoms with E-state index in [1.54, 1.807) is 11.3 Å². The van der Waals surface area contributed by atoms with E-state index in [-0.39, 0.29) is 0 Å². The normalized spacial score (nSPS) is 10.4. The van der Waals surface area contributed by atoms with Crippen LogP contribution in [-0.4, -0.2) is 16.5 Å². The molecule has 0 aromatic carbocycles. The Morgan fingerprint density at radius 2 is 2.36 bits per heavy atom. The molecule has 74 valence electrons. The molecule has 0 saturated heterocycles. The van der Waals surface area contributed by atoms with Crippen LogP contribution in [0.4, 0.5) is 5.13 Å². The fraction of sp³-hybridized carbons (Fsp3) is 0.250. The molecule has 0 radical (unpaired) electrons. The van der Waals surface area contributed by atoms with Crippen LogP contribution in [0.3, 0.4) is 0 Å². The van der Waals surface area contributed by atoms with E-state index in [0.717, 1.165) is 23.8 Å². The third-order valence-corrected chi connectivity index (χ3v) is 3.38. The van der Waals surface area contributed by atoms with Crippen LogP contribution in [0, 0.1) is 0 Å². The predicted octanol–water partition coefficient (Wildman–Crippen LogP) is 2.91. The van der Waals surface area contributed by atoms with E-state index in [9.17, 15) is 0 Å². The summed E-state index contributed by atoms with van der Waals surface area (Å²) in [5, 5.41) is 8.47. The molecule has 0 aliphatic heterocycles. The minimum Gasteiger partial charge on any atom is -0.361 e. The molecule has 2 rings (SSSR count). The first-order chi connectivity index (χ1) is 6.84. The van der Waals surface area contributed by atoms with E-state index in [1.165, 1.54) is 11.3 Å². The average Bonchev–Trinajstić information content (AvgIpc) is 2.77. The van der Waals surface area contributed by atoms with Crippen LogP contribution in [0.2, 0.25) is 5.15 Å². The average molecular weight is 246 g/mol. The highest BCUT2D eigenvalue weighted by atomic mass is 35.5. The molecule has 3 nitrogen and oxygen atoms in total. The molecule has 0 spiro atoms. The number of halogens is 1. The van der Waals surface area contributed by atoms with E-state index >= 15 is 0 Å². The van der Waals surface area contributed by atoms with E-state index < -0.39 is 0 Å². The molecule has 0 amide bonds. The molecule has 0 aliphatic rings. The molecule has 1 N–H and O–H groups in total. The summed E-state index contributed by atoms with van der Waals surface area (Å²) in [5.74, 6) is 0. The van der Waals surface area contributed by atoms with Crippen molar-refractivity contribution in [3.05, 3.63) is 27.1 Å². The maximum Gasteiger partial charge on any atom is 0.184 e. The van der Waals surface area contributed by atoms with Crippen molar-refractivity contribution in [2.75, 3.05) is 11.9 Å². The van der Waals surface area contributed by atoms with Gasteiger partial charge in [0.05, 0.1) is 11.2 Å². The van der Waals surface area contributed by atoms with Gasteiger partial charge in [-0.2, -0.15) is 0 Å². The molecule has 14 heavy (non-hydrogen) atoms. The second kappa shape index (κ2) is 4.72. The fourth-order valence-corrected chi connectivity index (χ4v) is 2.45. The maximum atomic E-state index is 5.69. The Morgan fingerprint density at radius 1 is 1.43 bits per heavy atom. The van der Waals surface area contributed by atoms with Crippen LogP contribution in [0.5, 0.6) is 0 Å². The molecular weight excluding hydrogens is 238 g/mol. The fourth-order valence-electron chi connectivity index (χ4n) is 0.994. The Bertz CT molecular complexity index is 385. The first kappa shape index (κ1) is 9.89. The van der Waals surface area contributed by atoms with Gasteiger partial charge in [0.15, 0.2) is 5.13 Å². The zero-order valence-corrected chi connectivity index (χ0v) is 9.62. The predicted molar refractivity (Wildman–Crippen MR) is 61.4 cm³/mol. The molecule has 2 heterocycles. The third-order valence-electron chi connectivity index (χ3n) is 1.62.